The molecule has 3 aliphatic heterocycles. The minimum absolute atomic E-state index is 0.105. The molecule has 0 unspecified atom stereocenters. The molecule has 0 radical (unpaired) electrons. The van der Waals surface area contributed by atoms with E-state index in [4.69, 9.17) is 9.47 Å². The van der Waals surface area contributed by atoms with E-state index in [0.29, 0.717) is 35.8 Å². The Bertz CT molecular complexity index is 516. The van der Waals surface area contributed by atoms with E-state index in [1.807, 2.05) is 10.3 Å². The molecule has 0 spiro atoms. The topological polar surface area (TPSA) is 50.8 Å². The average Bonchev–Trinajstić information content (AvgIpc) is 3.12. The zero-order chi connectivity index (χ0) is 12.8. The van der Waals surface area contributed by atoms with Crippen molar-refractivity contribution in [2.45, 2.75) is 12.5 Å². The molecule has 1 amide bonds. The first-order valence-electron chi connectivity index (χ1n) is 6.73. The second kappa shape index (κ2) is 4.38. The van der Waals surface area contributed by atoms with Crippen LogP contribution in [0.2, 0.25) is 0 Å². The van der Waals surface area contributed by atoms with Crippen LogP contribution < -0.4 is 14.8 Å². The average molecular weight is 280 g/mol. The van der Waals surface area contributed by atoms with Crippen molar-refractivity contribution < 1.29 is 14.3 Å². The molecule has 0 aromatic carbocycles. The number of amides is 1. The fourth-order valence-electron chi connectivity index (χ4n) is 3.24. The predicted molar refractivity (Wildman–Crippen MR) is 71.1 cm³/mol. The SMILES string of the molecule is O=C(c1scc2c1OCCO2)N1CC[C@@H]2CNC[C@@H]21. The molecular weight excluding hydrogens is 264 g/mol. The molecular formula is C13H16N2O3S. The summed E-state index contributed by atoms with van der Waals surface area (Å²) in [7, 11) is 0. The summed E-state index contributed by atoms with van der Waals surface area (Å²) in [4.78, 5) is 15.4. The van der Waals surface area contributed by atoms with Crippen LogP contribution in [0.25, 0.3) is 0 Å². The number of nitrogens with zero attached hydrogens (tertiary/aromatic N) is 1. The molecule has 1 aromatic heterocycles. The number of likely N-dealkylation sites (tertiary alicyclic amines) is 1. The highest BCUT2D eigenvalue weighted by Crippen LogP contribution is 2.41. The number of thiophene rings is 1. The van der Waals surface area contributed by atoms with Crippen molar-refractivity contribution in [1.82, 2.24) is 10.2 Å². The van der Waals surface area contributed by atoms with E-state index in [1.165, 1.54) is 11.3 Å². The molecule has 4 heterocycles. The van der Waals surface area contributed by atoms with Gasteiger partial charge < -0.3 is 19.7 Å². The summed E-state index contributed by atoms with van der Waals surface area (Å²) in [5.74, 6) is 2.10. The van der Waals surface area contributed by atoms with Gasteiger partial charge in [-0.3, -0.25) is 4.79 Å². The summed E-state index contributed by atoms with van der Waals surface area (Å²) in [5, 5.41) is 5.25. The Kier molecular flexibility index (Phi) is 2.66. The van der Waals surface area contributed by atoms with E-state index < -0.39 is 0 Å². The number of rotatable bonds is 1. The van der Waals surface area contributed by atoms with E-state index in [2.05, 4.69) is 5.32 Å². The van der Waals surface area contributed by atoms with Crippen LogP contribution in [0.5, 0.6) is 11.5 Å². The van der Waals surface area contributed by atoms with Gasteiger partial charge in [0.2, 0.25) is 0 Å². The molecule has 102 valence electrons. The summed E-state index contributed by atoms with van der Waals surface area (Å²) >= 11 is 1.43. The van der Waals surface area contributed by atoms with Gasteiger partial charge in [0.05, 0.1) is 0 Å². The minimum atomic E-state index is 0.105. The molecule has 0 saturated carbocycles. The van der Waals surface area contributed by atoms with Crippen molar-refractivity contribution in [1.29, 1.82) is 0 Å². The smallest absolute Gasteiger partial charge is 0.268 e. The molecule has 1 N–H and O–H groups in total. The third-order valence-corrected chi connectivity index (χ3v) is 5.13. The number of hydrogen-bond donors (Lipinski definition) is 1. The van der Waals surface area contributed by atoms with Gasteiger partial charge in [-0.05, 0) is 12.3 Å². The Balaban J connectivity index is 1.62. The summed E-state index contributed by atoms with van der Waals surface area (Å²) in [5.41, 5.74) is 0. The number of ether oxygens (including phenoxy) is 2. The van der Waals surface area contributed by atoms with Crippen LogP contribution in [0.4, 0.5) is 0 Å². The highest BCUT2D eigenvalue weighted by Gasteiger charge is 2.41. The molecule has 2 saturated heterocycles. The van der Waals surface area contributed by atoms with Crippen molar-refractivity contribution in [2.24, 2.45) is 5.92 Å². The lowest BCUT2D eigenvalue weighted by atomic mass is 10.1. The Morgan fingerprint density at radius 2 is 2.26 bits per heavy atom. The maximum atomic E-state index is 12.7. The van der Waals surface area contributed by atoms with Gasteiger partial charge in [-0.15, -0.1) is 11.3 Å². The van der Waals surface area contributed by atoms with Crippen LogP contribution in [-0.2, 0) is 0 Å². The van der Waals surface area contributed by atoms with Crippen molar-refractivity contribution in [3.8, 4) is 11.5 Å². The fraction of sp³-hybridized carbons (Fsp3) is 0.615. The van der Waals surface area contributed by atoms with Gasteiger partial charge in [-0.2, -0.15) is 0 Å². The molecule has 6 heteroatoms. The summed E-state index contributed by atoms with van der Waals surface area (Å²) in [6.07, 6.45) is 1.11. The highest BCUT2D eigenvalue weighted by atomic mass is 32.1. The third kappa shape index (κ3) is 1.74. The predicted octanol–water partition coefficient (Wildman–Crippen LogP) is 0.953. The zero-order valence-electron chi connectivity index (χ0n) is 10.6. The van der Waals surface area contributed by atoms with Crippen LogP contribution in [0, 0.1) is 5.92 Å². The maximum absolute atomic E-state index is 12.7. The molecule has 3 aliphatic rings. The standard InChI is InChI=1S/C13H16N2O3S/c16-13(15-2-1-8-5-14-6-9(8)15)12-11-10(7-19-12)17-3-4-18-11/h7-9,14H,1-6H2/t8-,9+/m1/s1. The number of hydrogen-bond acceptors (Lipinski definition) is 5. The van der Waals surface area contributed by atoms with Crippen LogP contribution in [0.3, 0.4) is 0 Å². The lowest BCUT2D eigenvalue weighted by Gasteiger charge is -2.24. The van der Waals surface area contributed by atoms with Gasteiger partial charge in [-0.1, -0.05) is 0 Å². The monoisotopic (exact) mass is 280 g/mol. The first kappa shape index (κ1) is 11.5. The van der Waals surface area contributed by atoms with Gasteiger partial charge in [-0.25, -0.2) is 0 Å². The molecule has 0 bridgehead atoms. The lowest BCUT2D eigenvalue weighted by Crippen LogP contribution is -2.39. The molecule has 1 aromatic rings. The third-order valence-electron chi connectivity index (χ3n) is 4.20. The van der Waals surface area contributed by atoms with Crippen LogP contribution in [-0.4, -0.2) is 49.7 Å². The Labute approximate surface area is 115 Å². The number of fused-ring (bicyclic) bond motifs is 2. The maximum Gasteiger partial charge on any atom is 0.268 e. The Morgan fingerprint density at radius 1 is 1.37 bits per heavy atom. The van der Waals surface area contributed by atoms with E-state index in [0.717, 1.165) is 31.8 Å². The molecule has 5 nitrogen and oxygen atoms in total. The minimum Gasteiger partial charge on any atom is -0.485 e. The van der Waals surface area contributed by atoms with Crippen LogP contribution >= 0.6 is 11.3 Å². The Morgan fingerprint density at radius 3 is 3.21 bits per heavy atom. The summed E-state index contributed by atoms with van der Waals surface area (Å²) < 4.78 is 11.1. The lowest BCUT2D eigenvalue weighted by molar-refractivity contribution is 0.0733. The summed E-state index contributed by atoms with van der Waals surface area (Å²) in [6.45, 7) is 3.91. The van der Waals surface area contributed by atoms with E-state index in [-0.39, 0.29) is 5.91 Å². The number of carbonyl (C=O) groups is 1. The molecule has 2 fully saturated rings. The van der Waals surface area contributed by atoms with Gasteiger partial charge in [0.15, 0.2) is 11.5 Å². The Hall–Kier alpha value is -1.27. The van der Waals surface area contributed by atoms with Crippen molar-refractivity contribution in [2.75, 3.05) is 32.8 Å². The van der Waals surface area contributed by atoms with Gasteiger partial charge >= 0.3 is 0 Å². The van der Waals surface area contributed by atoms with Crippen molar-refractivity contribution in [3.63, 3.8) is 0 Å². The zero-order valence-corrected chi connectivity index (χ0v) is 11.4. The van der Waals surface area contributed by atoms with E-state index in [1.54, 1.807) is 0 Å². The molecule has 4 rings (SSSR count). The number of nitrogens with one attached hydrogen (secondary N) is 1. The van der Waals surface area contributed by atoms with Crippen molar-refractivity contribution in [3.05, 3.63) is 10.3 Å². The largest absolute Gasteiger partial charge is 0.485 e. The van der Waals surface area contributed by atoms with Crippen LogP contribution in [0.15, 0.2) is 5.38 Å². The first-order chi connectivity index (χ1) is 9.34. The quantitative estimate of drug-likeness (QED) is 0.832. The van der Waals surface area contributed by atoms with Gasteiger partial charge in [0.25, 0.3) is 5.91 Å². The molecule has 19 heavy (non-hydrogen) atoms. The highest BCUT2D eigenvalue weighted by molar-refractivity contribution is 7.12. The molecule has 0 aliphatic carbocycles. The van der Waals surface area contributed by atoms with Gasteiger partial charge in [0, 0.05) is 31.1 Å². The van der Waals surface area contributed by atoms with E-state index in [9.17, 15) is 4.79 Å². The molecule has 2 atom stereocenters. The fourth-order valence-corrected chi connectivity index (χ4v) is 4.13. The second-order valence-electron chi connectivity index (χ2n) is 5.23. The van der Waals surface area contributed by atoms with Crippen LogP contribution in [0.1, 0.15) is 16.1 Å². The second-order valence-corrected chi connectivity index (χ2v) is 6.11. The number of carbonyl (C=O) groups excluding carboxylic acids is 1. The van der Waals surface area contributed by atoms with Gasteiger partial charge in [0.1, 0.15) is 18.1 Å². The first-order valence-corrected chi connectivity index (χ1v) is 7.61. The normalized spacial score (nSPS) is 28.5. The van der Waals surface area contributed by atoms with E-state index >= 15 is 0 Å². The van der Waals surface area contributed by atoms with Crippen molar-refractivity contribution >= 4 is 17.2 Å². The summed E-state index contributed by atoms with van der Waals surface area (Å²) in [6, 6.07) is 0.356.